The number of tetrazole rings is 1. The Morgan fingerprint density at radius 1 is 1.45 bits per heavy atom. The van der Waals surface area contributed by atoms with Crippen LogP contribution >= 0.6 is 15.9 Å². The molecule has 1 aromatic heterocycles. The summed E-state index contributed by atoms with van der Waals surface area (Å²) in [5.74, 6) is 0.108. The summed E-state index contributed by atoms with van der Waals surface area (Å²) in [6.07, 6.45) is 0.637. The molecule has 1 aliphatic rings. The highest BCUT2D eigenvalue weighted by Gasteiger charge is 2.36. The van der Waals surface area contributed by atoms with E-state index in [4.69, 9.17) is 4.74 Å². The Morgan fingerprint density at radius 3 is 2.91 bits per heavy atom. The minimum Gasteiger partial charge on any atom is -0.466 e. The molecule has 1 atom stereocenters. The predicted molar refractivity (Wildman–Crippen MR) is 83.1 cm³/mol. The topological polar surface area (TPSA) is 81.9 Å². The number of nitrogens with zero attached hydrogens (tertiary/aromatic N) is 4. The maximum Gasteiger partial charge on any atom is 0.338 e. The molecule has 2 heterocycles. The Morgan fingerprint density at radius 2 is 2.23 bits per heavy atom. The number of halogens is 1. The molecular formula is C14H14BrN5O2. The number of anilines is 1. The van der Waals surface area contributed by atoms with Gasteiger partial charge in [0.15, 0.2) is 0 Å². The Balaban J connectivity index is 2.25. The molecule has 1 aromatic carbocycles. The second kappa shape index (κ2) is 5.88. The van der Waals surface area contributed by atoms with Gasteiger partial charge in [0, 0.05) is 10.2 Å². The fraction of sp³-hybridized carbons (Fsp3) is 0.286. The molecule has 0 fully saturated rings. The fourth-order valence-corrected chi connectivity index (χ4v) is 3.05. The zero-order chi connectivity index (χ0) is 15.7. The normalized spacial score (nSPS) is 17.0. The van der Waals surface area contributed by atoms with Crippen molar-refractivity contribution in [2.75, 3.05) is 12.4 Å². The number of aromatic nitrogens is 4. The highest BCUT2D eigenvalue weighted by Crippen LogP contribution is 2.38. The molecule has 0 saturated carbocycles. The fourth-order valence-electron chi connectivity index (χ4n) is 2.55. The van der Waals surface area contributed by atoms with Crippen LogP contribution in [0.3, 0.4) is 0 Å². The van der Waals surface area contributed by atoms with Gasteiger partial charge in [0.05, 0.1) is 12.7 Å². The van der Waals surface area contributed by atoms with Gasteiger partial charge < -0.3 is 10.1 Å². The number of hydrogen-bond donors (Lipinski definition) is 1. The molecule has 0 radical (unpaired) electrons. The molecule has 2 aromatic rings. The van der Waals surface area contributed by atoms with Crippen LogP contribution in [0.2, 0.25) is 0 Å². The summed E-state index contributed by atoms with van der Waals surface area (Å²) in [6.45, 7) is 1.96. The van der Waals surface area contributed by atoms with Crippen LogP contribution in [0.15, 0.2) is 40.0 Å². The number of carbonyl (C=O) groups is 1. The zero-order valence-corrected chi connectivity index (χ0v) is 13.7. The summed E-state index contributed by atoms with van der Waals surface area (Å²) in [5, 5.41) is 14.8. The van der Waals surface area contributed by atoms with E-state index in [2.05, 4.69) is 36.8 Å². The zero-order valence-electron chi connectivity index (χ0n) is 12.1. The lowest BCUT2D eigenvalue weighted by molar-refractivity contribution is -0.136. The van der Waals surface area contributed by atoms with Gasteiger partial charge in [-0.1, -0.05) is 46.2 Å². The summed E-state index contributed by atoms with van der Waals surface area (Å²) in [7, 11) is 1.37. The van der Waals surface area contributed by atoms with Crippen LogP contribution in [0.25, 0.3) is 0 Å². The number of methoxy groups -OCH3 is 1. The molecule has 0 spiro atoms. The standard InChI is InChI=1S/C14H14BrN5O2/c1-3-10-11(13(21)22-2)12(8-6-4-5-7-9(8)15)20-14(16-10)17-18-19-20/h4-7,12H,3H2,1-2H3,(H,16,17,19). The molecule has 3 rings (SSSR count). The molecule has 0 bridgehead atoms. The number of esters is 1. The van der Waals surface area contributed by atoms with Crippen molar-refractivity contribution in [1.29, 1.82) is 0 Å². The summed E-state index contributed by atoms with van der Waals surface area (Å²) in [6, 6.07) is 7.23. The highest BCUT2D eigenvalue weighted by atomic mass is 79.9. The third kappa shape index (κ3) is 2.29. The van der Waals surface area contributed by atoms with Crippen LogP contribution < -0.4 is 5.32 Å². The van der Waals surface area contributed by atoms with Crippen LogP contribution in [-0.2, 0) is 9.53 Å². The SMILES string of the molecule is CCC1=C(C(=O)OC)C(c2ccccc2Br)n2nnnc2N1. The van der Waals surface area contributed by atoms with E-state index < -0.39 is 12.0 Å². The van der Waals surface area contributed by atoms with Crippen LogP contribution in [-0.4, -0.2) is 33.3 Å². The summed E-state index contributed by atoms with van der Waals surface area (Å²) >= 11 is 3.54. The molecule has 1 unspecified atom stereocenters. The number of benzene rings is 1. The van der Waals surface area contributed by atoms with Crippen molar-refractivity contribution in [3.63, 3.8) is 0 Å². The van der Waals surface area contributed by atoms with Gasteiger partial charge in [0.25, 0.3) is 0 Å². The lowest BCUT2D eigenvalue weighted by atomic mass is 9.94. The molecule has 1 aliphatic heterocycles. The Kier molecular flexibility index (Phi) is 3.93. The third-order valence-corrected chi connectivity index (χ3v) is 4.28. The van der Waals surface area contributed by atoms with E-state index in [1.165, 1.54) is 7.11 Å². The van der Waals surface area contributed by atoms with Gasteiger partial charge in [0.1, 0.15) is 6.04 Å². The van der Waals surface area contributed by atoms with Gasteiger partial charge in [-0.2, -0.15) is 4.68 Å². The Hall–Kier alpha value is -2.22. The molecule has 1 N–H and O–H groups in total. The van der Waals surface area contributed by atoms with E-state index in [1.54, 1.807) is 4.68 Å². The first-order valence-electron chi connectivity index (χ1n) is 6.78. The van der Waals surface area contributed by atoms with Crippen molar-refractivity contribution in [3.05, 3.63) is 45.6 Å². The lowest BCUT2D eigenvalue weighted by Gasteiger charge is -2.28. The number of ether oxygens (including phenoxy) is 1. The van der Waals surface area contributed by atoms with Crippen molar-refractivity contribution < 1.29 is 9.53 Å². The minimum absolute atomic E-state index is 0.397. The van der Waals surface area contributed by atoms with Crippen molar-refractivity contribution in [2.24, 2.45) is 0 Å². The van der Waals surface area contributed by atoms with Crippen molar-refractivity contribution >= 4 is 27.8 Å². The quantitative estimate of drug-likeness (QED) is 0.842. The number of fused-ring (bicyclic) bond motifs is 1. The van der Waals surface area contributed by atoms with Gasteiger partial charge >= 0.3 is 5.97 Å². The van der Waals surface area contributed by atoms with Gasteiger partial charge in [-0.05, 0) is 28.5 Å². The summed E-state index contributed by atoms with van der Waals surface area (Å²) < 4.78 is 7.43. The molecule has 7 nitrogen and oxygen atoms in total. The number of hydrogen-bond acceptors (Lipinski definition) is 6. The summed E-state index contributed by atoms with van der Waals surface area (Å²) in [4.78, 5) is 12.3. The molecule has 22 heavy (non-hydrogen) atoms. The van der Waals surface area contributed by atoms with E-state index in [1.807, 2.05) is 31.2 Å². The average Bonchev–Trinajstić information content (AvgIpc) is 3.01. The number of nitrogens with one attached hydrogen (secondary N) is 1. The second-order valence-electron chi connectivity index (χ2n) is 4.73. The smallest absolute Gasteiger partial charge is 0.338 e. The average molecular weight is 364 g/mol. The van der Waals surface area contributed by atoms with E-state index in [9.17, 15) is 4.79 Å². The van der Waals surface area contributed by atoms with Gasteiger partial charge in [-0.25, -0.2) is 4.79 Å². The van der Waals surface area contributed by atoms with Gasteiger partial charge in [-0.15, -0.1) is 0 Å². The van der Waals surface area contributed by atoms with E-state index in [0.29, 0.717) is 17.9 Å². The maximum absolute atomic E-state index is 12.3. The van der Waals surface area contributed by atoms with Crippen LogP contribution in [0, 0.1) is 0 Å². The number of rotatable bonds is 3. The van der Waals surface area contributed by atoms with Crippen LogP contribution in [0.5, 0.6) is 0 Å². The van der Waals surface area contributed by atoms with E-state index >= 15 is 0 Å². The highest BCUT2D eigenvalue weighted by molar-refractivity contribution is 9.10. The molecule has 0 aliphatic carbocycles. The molecule has 8 heteroatoms. The predicted octanol–water partition coefficient (Wildman–Crippen LogP) is 2.29. The Bertz CT molecular complexity index is 755. The number of allylic oxidation sites excluding steroid dienone is 1. The number of carbonyl (C=O) groups excluding carboxylic acids is 1. The monoisotopic (exact) mass is 363 g/mol. The van der Waals surface area contributed by atoms with Crippen molar-refractivity contribution in [2.45, 2.75) is 19.4 Å². The van der Waals surface area contributed by atoms with Crippen LogP contribution in [0.4, 0.5) is 5.95 Å². The van der Waals surface area contributed by atoms with Gasteiger partial charge in [0.2, 0.25) is 5.95 Å². The molecular weight excluding hydrogens is 350 g/mol. The lowest BCUT2D eigenvalue weighted by Crippen LogP contribution is -2.30. The first-order valence-corrected chi connectivity index (χ1v) is 7.57. The van der Waals surface area contributed by atoms with E-state index in [-0.39, 0.29) is 0 Å². The molecule has 114 valence electrons. The Labute approximate surface area is 135 Å². The first kappa shape index (κ1) is 14.7. The van der Waals surface area contributed by atoms with Gasteiger partial charge in [-0.3, -0.25) is 0 Å². The maximum atomic E-state index is 12.3. The van der Waals surface area contributed by atoms with Crippen molar-refractivity contribution in [3.8, 4) is 0 Å². The first-order chi connectivity index (χ1) is 10.7. The summed E-state index contributed by atoms with van der Waals surface area (Å²) in [5.41, 5.74) is 2.16. The third-order valence-electron chi connectivity index (χ3n) is 3.56. The van der Waals surface area contributed by atoms with Crippen molar-refractivity contribution in [1.82, 2.24) is 20.2 Å². The molecule has 0 amide bonds. The van der Waals surface area contributed by atoms with E-state index in [0.717, 1.165) is 15.7 Å². The largest absolute Gasteiger partial charge is 0.466 e. The minimum atomic E-state index is -0.441. The van der Waals surface area contributed by atoms with Crippen LogP contribution in [0.1, 0.15) is 24.9 Å². The molecule has 0 saturated heterocycles. The second-order valence-corrected chi connectivity index (χ2v) is 5.59.